The Labute approximate surface area is 167 Å². The maximum absolute atomic E-state index is 11.1. The molecule has 0 aromatic carbocycles. The van der Waals surface area contributed by atoms with Crippen molar-refractivity contribution < 1.29 is 27.6 Å². The van der Waals surface area contributed by atoms with Crippen molar-refractivity contribution in [2.45, 2.75) is 58.2 Å². The first kappa shape index (κ1) is 26.0. The summed E-state index contributed by atoms with van der Waals surface area (Å²) in [6.45, 7) is 21.3. The molecule has 0 spiro atoms. The van der Waals surface area contributed by atoms with Gasteiger partial charge in [0.2, 0.25) is 0 Å². The minimum Gasteiger partial charge on any atom is -0.463 e. The van der Waals surface area contributed by atoms with Crippen molar-refractivity contribution in [3.8, 4) is 0 Å². The van der Waals surface area contributed by atoms with Crippen LogP contribution in [-0.2, 0) is 27.6 Å². The third kappa shape index (κ3) is 10.8. The van der Waals surface area contributed by atoms with Gasteiger partial charge in [0, 0.05) is 25.2 Å². The molecule has 0 heterocycles. The lowest BCUT2D eigenvalue weighted by Crippen LogP contribution is -2.62. The second-order valence-corrected chi connectivity index (χ2v) is 26.8. The van der Waals surface area contributed by atoms with Gasteiger partial charge in [-0.3, -0.25) is 0 Å². The summed E-state index contributed by atoms with van der Waals surface area (Å²) in [7, 11) is -5.82. The van der Waals surface area contributed by atoms with Gasteiger partial charge in [-0.2, -0.15) is 0 Å². The van der Waals surface area contributed by atoms with Crippen molar-refractivity contribution in [1.29, 1.82) is 0 Å². The number of carbonyl (C=O) groups is 2. The first-order valence-electron chi connectivity index (χ1n) is 9.29. The molecule has 0 aromatic heterocycles. The number of esters is 2. The fourth-order valence-electron chi connectivity index (χ4n) is 2.44. The molecule has 0 atom stereocenters. The van der Waals surface area contributed by atoms with E-state index >= 15 is 0 Å². The third-order valence-electron chi connectivity index (χ3n) is 4.64. The highest BCUT2D eigenvalue weighted by molar-refractivity contribution is 7.39. The van der Waals surface area contributed by atoms with Gasteiger partial charge in [0.1, 0.15) is 0 Å². The van der Waals surface area contributed by atoms with Crippen LogP contribution in [0.4, 0.5) is 0 Å². The summed E-state index contributed by atoms with van der Waals surface area (Å²) in [5, 5.41) is 0. The normalized spacial score (nSPS) is 12.4. The van der Waals surface area contributed by atoms with Gasteiger partial charge in [0.05, 0.1) is 20.8 Å². The number of hydrogen-bond acceptors (Lipinski definition) is 6. The summed E-state index contributed by atoms with van der Waals surface area (Å²) >= 11 is 0. The molecule has 0 aliphatic carbocycles. The van der Waals surface area contributed by atoms with E-state index in [1.165, 1.54) is 6.08 Å². The smallest absolute Gasteiger partial charge is 0.330 e. The first-order valence-corrected chi connectivity index (χ1v) is 19.2. The maximum Gasteiger partial charge on any atom is 0.330 e. The van der Waals surface area contributed by atoms with Gasteiger partial charge < -0.3 is 18.0 Å². The van der Waals surface area contributed by atoms with Crippen LogP contribution in [0.25, 0.3) is 0 Å². The number of carbonyl (C=O) groups excluding carboxylic acids is 2. The summed E-state index contributed by atoms with van der Waals surface area (Å²) in [6, 6.07) is 1.04. The molecule has 156 valence electrons. The van der Waals surface area contributed by atoms with E-state index in [0.29, 0.717) is 26.2 Å². The van der Waals surface area contributed by atoms with Crippen molar-refractivity contribution in [2.75, 3.05) is 19.8 Å². The summed E-state index contributed by atoms with van der Waals surface area (Å²) in [5.41, 5.74) is 0. The van der Waals surface area contributed by atoms with Crippen LogP contribution in [0.1, 0.15) is 12.8 Å². The molecule has 0 rings (SSSR count). The zero-order chi connectivity index (χ0) is 21.1. The fourth-order valence-corrected chi connectivity index (χ4v) is 18.0. The molecule has 0 radical (unpaired) electrons. The predicted molar refractivity (Wildman–Crippen MR) is 116 cm³/mol. The van der Waals surface area contributed by atoms with E-state index in [4.69, 9.17) is 18.0 Å². The second-order valence-electron chi connectivity index (χ2n) is 7.94. The van der Waals surface area contributed by atoms with Crippen LogP contribution in [0.2, 0.25) is 45.3 Å². The molecule has 0 aromatic rings. The Morgan fingerprint density at radius 1 is 0.815 bits per heavy atom. The van der Waals surface area contributed by atoms with E-state index in [1.807, 2.05) is 0 Å². The van der Waals surface area contributed by atoms with Crippen LogP contribution >= 0.6 is 0 Å². The highest BCUT2D eigenvalue weighted by Crippen LogP contribution is 2.29. The van der Waals surface area contributed by atoms with Crippen molar-refractivity contribution in [2.24, 2.45) is 0 Å². The molecule has 0 bridgehead atoms. The van der Waals surface area contributed by atoms with Crippen LogP contribution in [0.15, 0.2) is 25.3 Å². The van der Waals surface area contributed by atoms with Crippen LogP contribution in [0.3, 0.4) is 0 Å². The SMILES string of the molecule is C=CC(=O)OCCCO[Si](C)(C)O[Si](C)(C)[Si](C)(C)CCCOC(=O)C=C. The van der Waals surface area contributed by atoms with Crippen molar-refractivity contribution in [3.05, 3.63) is 25.3 Å². The quantitative estimate of drug-likeness (QED) is 0.179. The molecule has 6 nitrogen and oxygen atoms in total. The topological polar surface area (TPSA) is 71.1 Å². The van der Waals surface area contributed by atoms with Gasteiger partial charge in [0.15, 0.2) is 7.83 Å². The third-order valence-corrected chi connectivity index (χ3v) is 25.9. The number of rotatable bonds is 14. The van der Waals surface area contributed by atoms with Crippen LogP contribution in [0, 0.1) is 0 Å². The molecule has 0 aliphatic heterocycles. The first-order chi connectivity index (χ1) is 12.4. The van der Waals surface area contributed by atoms with E-state index in [2.05, 4.69) is 52.4 Å². The van der Waals surface area contributed by atoms with Gasteiger partial charge in [-0.15, -0.1) is 0 Å². The monoisotopic (exact) mass is 432 g/mol. The minimum absolute atomic E-state index is 0.319. The lowest BCUT2D eigenvalue weighted by Gasteiger charge is -2.42. The molecule has 0 saturated carbocycles. The Morgan fingerprint density at radius 2 is 1.30 bits per heavy atom. The van der Waals surface area contributed by atoms with Crippen molar-refractivity contribution in [1.82, 2.24) is 0 Å². The van der Waals surface area contributed by atoms with Gasteiger partial charge in [-0.25, -0.2) is 9.59 Å². The van der Waals surface area contributed by atoms with Crippen molar-refractivity contribution >= 4 is 35.9 Å². The Bertz CT molecular complexity index is 517. The average molecular weight is 433 g/mol. The fraction of sp³-hybridized carbons (Fsp3) is 0.667. The zero-order valence-corrected chi connectivity index (χ0v) is 20.8. The maximum atomic E-state index is 11.1. The number of ether oxygens (including phenoxy) is 2. The summed E-state index contributed by atoms with van der Waals surface area (Å²) < 4.78 is 22.7. The van der Waals surface area contributed by atoms with Crippen molar-refractivity contribution in [3.63, 3.8) is 0 Å². The number of hydrogen-bond donors (Lipinski definition) is 0. The summed E-state index contributed by atoms with van der Waals surface area (Å²) in [6.07, 6.45) is 3.82. The minimum atomic E-state index is -2.27. The molecule has 0 fully saturated rings. The highest BCUT2D eigenvalue weighted by atomic mass is 29.3. The molecular weight excluding hydrogens is 396 g/mol. The molecule has 0 aliphatic rings. The predicted octanol–water partition coefficient (Wildman–Crippen LogP) is 3.95. The van der Waals surface area contributed by atoms with E-state index in [9.17, 15) is 9.59 Å². The molecule has 9 heteroatoms. The lowest BCUT2D eigenvalue weighted by molar-refractivity contribution is -0.138. The van der Waals surface area contributed by atoms with Gasteiger partial charge >= 0.3 is 20.5 Å². The van der Waals surface area contributed by atoms with E-state index in [1.54, 1.807) is 0 Å². The molecule has 0 amide bonds. The Morgan fingerprint density at radius 3 is 1.78 bits per heavy atom. The van der Waals surface area contributed by atoms with E-state index < -0.39 is 30.0 Å². The summed E-state index contributed by atoms with van der Waals surface area (Å²) in [5.74, 6) is -0.786. The molecule has 0 saturated heterocycles. The van der Waals surface area contributed by atoms with Gasteiger partial charge in [-0.05, 0) is 32.6 Å². The standard InChI is InChI=1S/C18H36O6Si3/c1-9-17(19)21-13-11-15-23-26(5,6)24-27(7,8)25(3,4)16-12-14-22-18(20)10-2/h9-10H,1-2,11-16H2,3-8H3. The highest BCUT2D eigenvalue weighted by Gasteiger charge is 2.46. The van der Waals surface area contributed by atoms with Crippen LogP contribution < -0.4 is 0 Å². The zero-order valence-electron chi connectivity index (χ0n) is 17.8. The molecule has 27 heavy (non-hydrogen) atoms. The Balaban J connectivity index is 4.43. The van der Waals surface area contributed by atoms with E-state index in [0.717, 1.165) is 18.5 Å². The van der Waals surface area contributed by atoms with Gasteiger partial charge in [0.25, 0.3) is 0 Å². The average Bonchev–Trinajstić information content (AvgIpc) is 2.56. The van der Waals surface area contributed by atoms with Gasteiger partial charge in [-0.1, -0.05) is 32.3 Å². The lowest BCUT2D eigenvalue weighted by atomic mass is 10.5. The second kappa shape index (κ2) is 11.7. The van der Waals surface area contributed by atoms with E-state index in [-0.39, 0.29) is 5.97 Å². The molecular formula is C18H36O6Si3. The Hall–Kier alpha value is -1.01. The molecule has 0 unspecified atom stereocenters. The Kier molecular flexibility index (Phi) is 11.3. The van der Waals surface area contributed by atoms with Crippen LogP contribution in [-0.4, -0.2) is 55.7 Å². The molecule has 0 N–H and O–H groups in total. The largest absolute Gasteiger partial charge is 0.463 e. The van der Waals surface area contributed by atoms with Crippen LogP contribution in [0.5, 0.6) is 0 Å². The summed E-state index contributed by atoms with van der Waals surface area (Å²) in [4.78, 5) is 22.1.